The van der Waals surface area contributed by atoms with E-state index in [9.17, 15) is 4.79 Å². The first-order valence-corrected chi connectivity index (χ1v) is 11.1. The largest absolute Gasteiger partial charge is 0.465 e. The van der Waals surface area contributed by atoms with Crippen LogP contribution in [-0.2, 0) is 19.0 Å². The molecule has 2 fully saturated rings. The molecular formula is C20H36O4S. The SMILES string of the molecule is CCCCOCC1S[C@@H](COC(C)=O)C(C2CCC2)C1OCCCC. The van der Waals surface area contributed by atoms with Crippen molar-refractivity contribution in [1.82, 2.24) is 0 Å². The minimum Gasteiger partial charge on any atom is -0.465 e. The summed E-state index contributed by atoms with van der Waals surface area (Å²) in [6.07, 6.45) is 8.68. The Morgan fingerprint density at radius 2 is 1.76 bits per heavy atom. The number of carbonyl (C=O) groups is 1. The molecule has 4 nitrogen and oxygen atoms in total. The standard InChI is InChI=1S/C20H36O4S/c1-4-6-11-22-13-18-20(23-12-7-5-2)19(16-9-8-10-16)17(25-18)14-24-15(3)21/h16-20H,4-14H2,1-3H3/t17-,18?,19?,20?/m0/s1. The van der Waals surface area contributed by atoms with Crippen molar-refractivity contribution in [2.24, 2.45) is 11.8 Å². The molecular weight excluding hydrogens is 336 g/mol. The zero-order chi connectivity index (χ0) is 18.1. The van der Waals surface area contributed by atoms with Crippen molar-refractivity contribution in [3.05, 3.63) is 0 Å². The van der Waals surface area contributed by atoms with Crippen molar-refractivity contribution >= 4 is 17.7 Å². The number of unbranched alkanes of at least 4 members (excludes halogenated alkanes) is 2. The molecule has 1 saturated heterocycles. The smallest absolute Gasteiger partial charge is 0.302 e. The van der Waals surface area contributed by atoms with Gasteiger partial charge in [-0.15, -0.1) is 11.8 Å². The van der Waals surface area contributed by atoms with E-state index in [1.807, 2.05) is 11.8 Å². The van der Waals surface area contributed by atoms with E-state index < -0.39 is 0 Å². The van der Waals surface area contributed by atoms with E-state index in [1.165, 1.54) is 26.2 Å². The average Bonchev–Trinajstić information content (AvgIpc) is 2.86. The Balaban J connectivity index is 1.99. The van der Waals surface area contributed by atoms with Gasteiger partial charge < -0.3 is 14.2 Å². The van der Waals surface area contributed by atoms with Crippen LogP contribution in [0, 0.1) is 11.8 Å². The van der Waals surface area contributed by atoms with Crippen molar-refractivity contribution in [3.8, 4) is 0 Å². The van der Waals surface area contributed by atoms with Gasteiger partial charge in [-0.2, -0.15) is 0 Å². The molecule has 1 heterocycles. The summed E-state index contributed by atoms with van der Waals surface area (Å²) in [7, 11) is 0. The van der Waals surface area contributed by atoms with Gasteiger partial charge in [-0.25, -0.2) is 0 Å². The Kier molecular flexibility index (Phi) is 9.64. The highest BCUT2D eigenvalue weighted by molar-refractivity contribution is 8.00. The van der Waals surface area contributed by atoms with Crippen molar-refractivity contribution in [2.45, 2.75) is 82.3 Å². The second-order valence-electron chi connectivity index (χ2n) is 7.40. The number of hydrogen-bond acceptors (Lipinski definition) is 5. The maximum atomic E-state index is 11.3. The van der Waals surface area contributed by atoms with E-state index in [0.29, 0.717) is 23.0 Å². The third-order valence-corrected chi connectivity index (χ3v) is 6.96. The molecule has 0 radical (unpaired) electrons. The molecule has 1 aliphatic carbocycles. The minimum atomic E-state index is -0.181. The van der Waals surface area contributed by atoms with Crippen LogP contribution in [0.5, 0.6) is 0 Å². The Labute approximate surface area is 157 Å². The molecule has 0 amide bonds. The topological polar surface area (TPSA) is 44.8 Å². The van der Waals surface area contributed by atoms with Crippen molar-refractivity contribution in [1.29, 1.82) is 0 Å². The first-order chi connectivity index (χ1) is 12.2. The number of thioether (sulfide) groups is 1. The van der Waals surface area contributed by atoms with Crippen LogP contribution in [0.25, 0.3) is 0 Å². The van der Waals surface area contributed by atoms with E-state index >= 15 is 0 Å². The van der Waals surface area contributed by atoms with Gasteiger partial charge in [0.15, 0.2) is 0 Å². The highest BCUT2D eigenvalue weighted by Crippen LogP contribution is 2.49. The van der Waals surface area contributed by atoms with E-state index in [-0.39, 0.29) is 12.1 Å². The number of esters is 1. The van der Waals surface area contributed by atoms with Gasteiger partial charge in [-0.1, -0.05) is 46.0 Å². The number of hydrogen-bond donors (Lipinski definition) is 0. The zero-order valence-electron chi connectivity index (χ0n) is 16.2. The summed E-state index contributed by atoms with van der Waals surface area (Å²) < 4.78 is 17.7. The van der Waals surface area contributed by atoms with Crippen LogP contribution in [0.1, 0.15) is 65.7 Å². The molecule has 0 bridgehead atoms. The second-order valence-corrected chi connectivity index (χ2v) is 8.88. The highest BCUT2D eigenvalue weighted by atomic mass is 32.2. The lowest BCUT2D eigenvalue weighted by Crippen LogP contribution is -2.41. The fourth-order valence-corrected chi connectivity index (χ4v) is 5.50. The Morgan fingerprint density at radius 1 is 1.04 bits per heavy atom. The highest BCUT2D eigenvalue weighted by Gasteiger charge is 2.49. The van der Waals surface area contributed by atoms with Crippen LogP contribution in [0.15, 0.2) is 0 Å². The van der Waals surface area contributed by atoms with Crippen LogP contribution in [0.2, 0.25) is 0 Å². The van der Waals surface area contributed by atoms with Gasteiger partial charge in [-0.3, -0.25) is 4.79 Å². The second kappa shape index (κ2) is 11.5. The van der Waals surface area contributed by atoms with Gasteiger partial charge in [-0.05, 0) is 18.8 Å². The molecule has 0 aromatic carbocycles. The zero-order valence-corrected chi connectivity index (χ0v) is 17.0. The van der Waals surface area contributed by atoms with E-state index in [2.05, 4.69) is 13.8 Å². The molecule has 2 aliphatic rings. The molecule has 5 heteroatoms. The minimum absolute atomic E-state index is 0.181. The van der Waals surface area contributed by atoms with E-state index in [1.54, 1.807) is 0 Å². The van der Waals surface area contributed by atoms with Crippen LogP contribution < -0.4 is 0 Å². The Bertz CT molecular complexity index is 386. The summed E-state index contributed by atoms with van der Waals surface area (Å²) in [5, 5.41) is 0.709. The number of rotatable bonds is 12. The third-order valence-electron chi connectivity index (χ3n) is 5.40. The maximum Gasteiger partial charge on any atom is 0.302 e. The first kappa shape index (κ1) is 21.0. The van der Waals surface area contributed by atoms with Gasteiger partial charge >= 0.3 is 5.97 Å². The summed E-state index contributed by atoms with van der Waals surface area (Å²) in [6.45, 7) is 8.81. The molecule has 1 saturated carbocycles. The van der Waals surface area contributed by atoms with Crippen LogP contribution in [-0.4, -0.2) is 49.0 Å². The summed E-state index contributed by atoms with van der Waals surface area (Å²) in [5.74, 6) is 1.04. The lowest BCUT2D eigenvalue weighted by Gasteiger charge is -2.38. The van der Waals surface area contributed by atoms with Gasteiger partial charge in [0.25, 0.3) is 0 Å². The quantitative estimate of drug-likeness (QED) is 0.374. The van der Waals surface area contributed by atoms with Crippen molar-refractivity contribution in [3.63, 3.8) is 0 Å². The molecule has 25 heavy (non-hydrogen) atoms. The summed E-state index contributed by atoms with van der Waals surface area (Å²) in [5.41, 5.74) is 0. The fourth-order valence-electron chi connectivity index (χ4n) is 3.76. The monoisotopic (exact) mass is 372 g/mol. The van der Waals surface area contributed by atoms with E-state index in [0.717, 1.165) is 51.4 Å². The number of ether oxygens (including phenoxy) is 3. The van der Waals surface area contributed by atoms with Crippen LogP contribution in [0.3, 0.4) is 0 Å². The summed E-state index contributed by atoms with van der Waals surface area (Å²) >= 11 is 1.94. The number of carbonyl (C=O) groups excluding carboxylic acids is 1. The van der Waals surface area contributed by atoms with Crippen molar-refractivity contribution in [2.75, 3.05) is 26.4 Å². The van der Waals surface area contributed by atoms with Gasteiger partial charge in [0.05, 0.1) is 18.0 Å². The molecule has 0 aromatic rings. The first-order valence-electron chi connectivity index (χ1n) is 10.2. The van der Waals surface area contributed by atoms with Gasteiger partial charge in [0.1, 0.15) is 6.61 Å². The lowest BCUT2D eigenvalue weighted by molar-refractivity contribution is -0.141. The summed E-state index contributed by atoms with van der Waals surface area (Å²) in [4.78, 5) is 11.3. The lowest BCUT2D eigenvalue weighted by atomic mass is 9.71. The van der Waals surface area contributed by atoms with Gasteiger partial charge in [0, 0.05) is 31.3 Å². The Morgan fingerprint density at radius 3 is 2.36 bits per heavy atom. The van der Waals surface area contributed by atoms with Crippen LogP contribution in [0.4, 0.5) is 0 Å². The molecule has 0 aromatic heterocycles. The summed E-state index contributed by atoms with van der Waals surface area (Å²) in [6, 6.07) is 0. The average molecular weight is 373 g/mol. The maximum absolute atomic E-state index is 11.3. The normalized spacial score (nSPS) is 29.6. The molecule has 2 rings (SSSR count). The molecule has 4 atom stereocenters. The van der Waals surface area contributed by atoms with E-state index in [4.69, 9.17) is 14.2 Å². The predicted molar refractivity (Wildman–Crippen MR) is 103 cm³/mol. The molecule has 1 aliphatic heterocycles. The molecule has 0 spiro atoms. The molecule has 3 unspecified atom stereocenters. The third kappa shape index (κ3) is 6.44. The Hall–Kier alpha value is -0.260. The molecule has 0 N–H and O–H groups in total. The predicted octanol–water partition coefficient (Wildman–Crippen LogP) is 4.45. The van der Waals surface area contributed by atoms with Crippen LogP contribution >= 0.6 is 11.8 Å². The van der Waals surface area contributed by atoms with Crippen molar-refractivity contribution < 1.29 is 19.0 Å². The molecule has 146 valence electrons. The fraction of sp³-hybridized carbons (Fsp3) is 0.950. The van der Waals surface area contributed by atoms with Gasteiger partial charge in [0.2, 0.25) is 0 Å².